The summed E-state index contributed by atoms with van der Waals surface area (Å²) in [4.78, 5) is 57.7. The molecule has 1 fully saturated rings. The molecule has 63 heavy (non-hydrogen) atoms. The summed E-state index contributed by atoms with van der Waals surface area (Å²) in [7, 11) is 1.73. The highest BCUT2D eigenvalue weighted by molar-refractivity contribution is 5.98. The lowest BCUT2D eigenvalue weighted by molar-refractivity contribution is -0.118. The van der Waals surface area contributed by atoms with E-state index in [1.165, 1.54) is 11.6 Å². The number of nitrogens with one attached hydrogen (secondary N) is 4. The largest absolute Gasteiger partial charge is 0.506 e. The van der Waals surface area contributed by atoms with Crippen molar-refractivity contribution in [3.8, 4) is 16.9 Å². The number of amides is 3. The first-order valence-electron chi connectivity index (χ1n) is 21.7. The number of rotatable bonds is 16. The second-order valence-electron chi connectivity index (χ2n) is 16.4. The number of aromatic nitrogens is 1. The van der Waals surface area contributed by atoms with Gasteiger partial charge in [-0.05, 0) is 90.8 Å². The summed E-state index contributed by atoms with van der Waals surface area (Å²) >= 11 is 0. The van der Waals surface area contributed by atoms with Gasteiger partial charge in [0, 0.05) is 80.5 Å². The van der Waals surface area contributed by atoms with Crippen molar-refractivity contribution in [2.24, 2.45) is 0 Å². The van der Waals surface area contributed by atoms with Crippen molar-refractivity contribution in [2.75, 3.05) is 43.4 Å². The molecule has 5 N–H and O–H groups in total. The third-order valence-electron chi connectivity index (χ3n) is 11.8. The summed E-state index contributed by atoms with van der Waals surface area (Å²) in [5, 5.41) is 20.6. The van der Waals surface area contributed by atoms with Gasteiger partial charge >= 0.3 is 6.09 Å². The lowest BCUT2D eigenvalue weighted by Crippen LogP contribution is -2.40. The summed E-state index contributed by atoms with van der Waals surface area (Å²) in [6.07, 6.45) is 1.84. The van der Waals surface area contributed by atoms with Crippen LogP contribution in [0.3, 0.4) is 0 Å². The van der Waals surface area contributed by atoms with E-state index in [0.29, 0.717) is 54.8 Å². The summed E-state index contributed by atoms with van der Waals surface area (Å²) in [5.74, 6) is -0.0641. The SMILES string of the molecule is C[C@H](Cc1ccc(CNC(=O)c2cccc(N(C)C(=O)CCN3CCC(OC(=O)Nc4ccccc4-c4ccccc4)CC3)c2)cc1)NC[C@H](C)c1ccc(O)c2[nH]c(=O)ccc12. The minimum atomic E-state index is -0.472. The Morgan fingerprint density at radius 2 is 1.59 bits per heavy atom. The zero-order chi connectivity index (χ0) is 44.3. The van der Waals surface area contributed by atoms with Crippen LogP contribution in [0.5, 0.6) is 5.75 Å². The van der Waals surface area contributed by atoms with Crippen LogP contribution in [0.25, 0.3) is 22.0 Å². The van der Waals surface area contributed by atoms with E-state index in [4.69, 9.17) is 4.74 Å². The van der Waals surface area contributed by atoms with Gasteiger partial charge in [-0.3, -0.25) is 19.7 Å². The van der Waals surface area contributed by atoms with Gasteiger partial charge in [0.05, 0.1) is 11.2 Å². The number of carbonyl (C=O) groups excluding carboxylic acids is 3. The van der Waals surface area contributed by atoms with E-state index in [0.717, 1.165) is 53.7 Å². The number of piperidine rings is 1. The van der Waals surface area contributed by atoms with E-state index < -0.39 is 6.09 Å². The third-order valence-corrected chi connectivity index (χ3v) is 11.8. The number of hydrogen-bond acceptors (Lipinski definition) is 8. The third kappa shape index (κ3) is 11.8. The molecular formula is C51H56N6O6. The molecule has 3 amide bonds. The van der Waals surface area contributed by atoms with Crippen molar-refractivity contribution in [1.29, 1.82) is 0 Å². The van der Waals surface area contributed by atoms with Crippen LogP contribution in [0, 0.1) is 0 Å². The predicted octanol–water partition coefficient (Wildman–Crippen LogP) is 8.22. The number of para-hydroxylation sites is 1. The fourth-order valence-corrected chi connectivity index (χ4v) is 8.10. The van der Waals surface area contributed by atoms with Gasteiger partial charge in [0.2, 0.25) is 11.5 Å². The Balaban J connectivity index is 0.809. The van der Waals surface area contributed by atoms with Crippen LogP contribution < -0.4 is 26.4 Å². The van der Waals surface area contributed by atoms with Crippen molar-refractivity contribution in [3.05, 3.63) is 160 Å². The van der Waals surface area contributed by atoms with Gasteiger partial charge < -0.3 is 35.3 Å². The van der Waals surface area contributed by atoms with E-state index >= 15 is 0 Å². The average molecular weight is 849 g/mol. The van der Waals surface area contributed by atoms with Gasteiger partial charge in [0.1, 0.15) is 11.9 Å². The molecule has 2 heterocycles. The molecule has 0 unspecified atom stereocenters. The van der Waals surface area contributed by atoms with Gasteiger partial charge in [-0.2, -0.15) is 0 Å². The quantitative estimate of drug-likeness (QED) is 0.0653. The summed E-state index contributed by atoms with van der Waals surface area (Å²) in [5.41, 5.74) is 7.17. The van der Waals surface area contributed by atoms with Crippen molar-refractivity contribution in [2.45, 2.75) is 64.1 Å². The number of hydrogen-bond donors (Lipinski definition) is 5. The molecule has 7 rings (SSSR count). The summed E-state index contributed by atoms with van der Waals surface area (Å²) in [6.45, 7) is 7.38. The Morgan fingerprint density at radius 3 is 2.37 bits per heavy atom. The Bertz CT molecular complexity index is 2570. The van der Waals surface area contributed by atoms with E-state index in [-0.39, 0.29) is 41.2 Å². The number of phenols is 1. The fourth-order valence-electron chi connectivity index (χ4n) is 8.10. The molecule has 0 radical (unpaired) electrons. The number of ether oxygens (including phenoxy) is 1. The summed E-state index contributed by atoms with van der Waals surface area (Å²) < 4.78 is 5.79. The molecule has 326 valence electrons. The molecule has 12 heteroatoms. The molecule has 0 aliphatic carbocycles. The number of aromatic amines is 1. The number of carbonyl (C=O) groups is 3. The van der Waals surface area contributed by atoms with Crippen molar-refractivity contribution in [1.82, 2.24) is 20.5 Å². The van der Waals surface area contributed by atoms with Crippen molar-refractivity contribution < 1.29 is 24.2 Å². The van der Waals surface area contributed by atoms with Crippen molar-refractivity contribution >= 4 is 40.2 Å². The number of pyridine rings is 1. The monoisotopic (exact) mass is 848 g/mol. The van der Waals surface area contributed by atoms with Crippen LogP contribution in [0.4, 0.5) is 16.2 Å². The highest BCUT2D eigenvalue weighted by Gasteiger charge is 2.24. The van der Waals surface area contributed by atoms with Gasteiger partial charge in [-0.15, -0.1) is 0 Å². The number of anilines is 2. The number of fused-ring (bicyclic) bond motifs is 1. The maximum Gasteiger partial charge on any atom is 0.411 e. The topological polar surface area (TPSA) is 156 Å². The standard InChI is InChI=1S/C51H56N6O6/c1-34(42-20-22-46(58)49-44(42)21-23-47(59)55-49)32-52-35(2)30-36-16-18-37(19-17-36)33-53-50(61)39-12-9-13-40(31-39)56(3)48(60)26-29-57-27-24-41(25-28-57)63-51(62)54-45-15-8-7-14-43(45)38-10-5-4-6-11-38/h4-23,31,34-35,41,52,58H,24-30,32-33H2,1-3H3,(H,53,61)(H,54,62)(H,55,59)/t34-,35+/m0/s1. The Morgan fingerprint density at radius 1 is 0.857 bits per heavy atom. The molecule has 1 saturated heterocycles. The molecule has 1 aromatic heterocycles. The highest BCUT2D eigenvalue weighted by Crippen LogP contribution is 2.30. The molecule has 1 aliphatic rings. The minimum absolute atomic E-state index is 0.0499. The molecule has 0 spiro atoms. The lowest BCUT2D eigenvalue weighted by atomic mass is 9.95. The number of aromatic hydroxyl groups is 1. The number of H-pyrrole nitrogens is 1. The molecule has 2 atom stereocenters. The number of likely N-dealkylation sites (tertiary alicyclic amines) is 1. The molecule has 5 aromatic carbocycles. The van der Waals surface area contributed by atoms with Crippen LogP contribution in [0.2, 0.25) is 0 Å². The first-order valence-corrected chi connectivity index (χ1v) is 21.7. The number of nitrogens with zero attached hydrogens (tertiary/aromatic N) is 2. The first-order chi connectivity index (χ1) is 30.5. The van der Waals surface area contributed by atoms with E-state index in [1.54, 1.807) is 42.3 Å². The molecule has 6 aromatic rings. The number of phenolic OH excluding ortho intramolecular Hbond substituents is 1. The average Bonchev–Trinajstić information content (AvgIpc) is 3.30. The van der Waals surface area contributed by atoms with E-state index in [1.807, 2.05) is 78.9 Å². The van der Waals surface area contributed by atoms with Crippen molar-refractivity contribution in [3.63, 3.8) is 0 Å². The minimum Gasteiger partial charge on any atom is -0.506 e. The van der Waals surface area contributed by atoms with Crippen LogP contribution >= 0.6 is 0 Å². The zero-order valence-electron chi connectivity index (χ0n) is 36.1. The molecule has 0 bridgehead atoms. The smallest absolute Gasteiger partial charge is 0.411 e. The first kappa shape index (κ1) is 44.3. The van der Waals surface area contributed by atoms with Gasteiger partial charge in [-0.25, -0.2) is 4.79 Å². The predicted molar refractivity (Wildman–Crippen MR) is 249 cm³/mol. The lowest BCUT2D eigenvalue weighted by Gasteiger charge is -2.31. The Labute approximate surface area is 368 Å². The van der Waals surface area contributed by atoms with Crippen LogP contribution in [0.1, 0.15) is 66.1 Å². The zero-order valence-corrected chi connectivity index (χ0v) is 36.1. The molecule has 12 nitrogen and oxygen atoms in total. The highest BCUT2D eigenvalue weighted by atomic mass is 16.6. The Kier molecular flexibility index (Phi) is 14.7. The maximum absolute atomic E-state index is 13.3. The van der Waals surface area contributed by atoms with Crippen LogP contribution in [-0.4, -0.2) is 78.3 Å². The van der Waals surface area contributed by atoms with Crippen LogP contribution in [0.15, 0.2) is 132 Å². The fraction of sp³-hybridized carbons (Fsp3) is 0.294. The summed E-state index contributed by atoms with van der Waals surface area (Å²) in [6, 6.07) is 39.9. The normalized spacial score (nSPS) is 14.1. The second kappa shape index (κ2) is 20.9. The van der Waals surface area contributed by atoms with Gasteiger partial charge in [0.25, 0.3) is 5.91 Å². The molecule has 1 aliphatic heterocycles. The second-order valence-corrected chi connectivity index (χ2v) is 16.4. The number of benzene rings is 5. The van der Waals surface area contributed by atoms with Crippen LogP contribution in [-0.2, 0) is 22.5 Å². The van der Waals surface area contributed by atoms with Gasteiger partial charge in [-0.1, -0.05) is 91.9 Å². The van der Waals surface area contributed by atoms with E-state index in [2.05, 4.69) is 51.8 Å². The molecule has 0 saturated carbocycles. The van der Waals surface area contributed by atoms with Gasteiger partial charge in [0.15, 0.2) is 0 Å². The molecular weight excluding hydrogens is 793 g/mol. The maximum atomic E-state index is 13.3. The van der Waals surface area contributed by atoms with E-state index in [9.17, 15) is 24.3 Å². The Hall–Kier alpha value is -6.76.